The van der Waals surface area contributed by atoms with Crippen molar-refractivity contribution >= 4 is 0 Å². The Labute approximate surface area is 140 Å². The van der Waals surface area contributed by atoms with Crippen molar-refractivity contribution in [1.82, 2.24) is 24.8 Å². The highest BCUT2D eigenvalue weighted by Crippen LogP contribution is 2.32. The minimum atomic E-state index is -4.74. The van der Waals surface area contributed by atoms with Crippen molar-refractivity contribution in [3.8, 4) is 11.3 Å². The molecule has 0 aliphatic rings. The molecule has 0 aliphatic heterocycles. The molecule has 0 saturated carbocycles. The Hall–Kier alpha value is -2.71. The van der Waals surface area contributed by atoms with E-state index < -0.39 is 17.6 Å². The highest BCUT2D eigenvalue weighted by Gasteiger charge is 2.34. The topological polar surface area (TPSA) is 48.5 Å². The molecule has 3 aromatic rings. The van der Waals surface area contributed by atoms with E-state index >= 15 is 0 Å². The molecule has 5 nitrogen and oxygen atoms in total. The second-order valence-electron chi connectivity index (χ2n) is 5.88. The fourth-order valence-electron chi connectivity index (χ4n) is 2.36. The summed E-state index contributed by atoms with van der Waals surface area (Å²) >= 11 is 0. The lowest BCUT2D eigenvalue weighted by Gasteiger charge is -2.10. The van der Waals surface area contributed by atoms with Crippen molar-refractivity contribution in [2.45, 2.75) is 32.6 Å². The van der Waals surface area contributed by atoms with Crippen LogP contribution < -0.4 is 0 Å². The van der Waals surface area contributed by atoms with Crippen molar-refractivity contribution in [3.05, 3.63) is 53.7 Å². The van der Waals surface area contributed by atoms with Gasteiger partial charge in [0, 0.05) is 23.4 Å². The molecule has 9 heteroatoms. The number of aromatic nitrogens is 5. The molecular weight excluding hydrogens is 338 g/mol. The highest BCUT2D eigenvalue weighted by molar-refractivity contribution is 5.55. The Morgan fingerprint density at radius 1 is 1.16 bits per heavy atom. The zero-order valence-corrected chi connectivity index (χ0v) is 13.5. The van der Waals surface area contributed by atoms with Crippen LogP contribution in [-0.4, -0.2) is 24.8 Å². The normalized spacial score (nSPS) is 12.1. The average molecular weight is 353 g/mol. The second-order valence-corrected chi connectivity index (χ2v) is 5.88. The Kier molecular flexibility index (Phi) is 4.32. The summed E-state index contributed by atoms with van der Waals surface area (Å²) in [6.45, 7) is 3.80. The van der Waals surface area contributed by atoms with Crippen LogP contribution in [0.3, 0.4) is 0 Å². The van der Waals surface area contributed by atoms with Gasteiger partial charge in [0.15, 0.2) is 0 Å². The summed E-state index contributed by atoms with van der Waals surface area (Å²) in [4.78, 5) is 0. The smallest absolute Gasteiger partial charge is 0.270 e. The van der Waals surface area contributed by atoms with Gasteiger partial charge in [0.2, 0.25) is 0 Å². The first-order chi connectivity index (χ1) is 11.8. The van der Waals surface area contributed by atoms with E-state index in [0.29, 0.717) is 11.8 Å². The molecule has 1 aromatic carbocycles. The second kappa shape index (κ2) is 6.30. The van der Waals surface area contributed by atoms with E-state index in [1.165, 1.54) is 16.8 Å². The van der Waals surface area contributed by atoms with Crippen LogP contribution in [0.2, 0.25) is 0 Å². The van der Waals surface area contributed by atoms with Gasteiger partial charge < -0.3 is 0 Å². The molecule has 0 unspecified atom stereocenters. The molecular formula is C16H15F4N5. The SMILES string of the molecule is CC(C)n1cc(-c2cn(Cc3cccc(C(F)(F)F)c3F)nn2)cn1. The molecule has 0 aliphatic carbocycles. The summed E-state index contributed by atoms with van der Waals surface area (Å²) in [5.74, 6) is -1.29. The third-order valence-electron chi connectivity index (χ3n) is 3.68. The molecule has 0 radical (unpaired) electrons. The summed E-state index contributed by atoms with van der Waals surface area (Å²) in [5.41, 5.74) is -0.156. The number of halogens is 4. The van der Waals surface area contributed by atoms with E-state index in [9.17, 15) is 17.6 Å². The number of hydrogen-bond donors (Lipinski definition) is 0. The molecule has 132 valence electrons. The maximum atomic E-state index is 14.1. The maximum Gasteiger partial charge on any atom is 0.419 e. The summed E-state index contributed by atoms with van der Waals surface area (Å²) in [6, 6.07) is 3.36. The van der Waals surface area contributed by atoms with Crippen LogP contribution in [0.1, 0.15) is 31.0 Å². The van der Waals surface area contributed by atoms with Gasteiger partial charge in [0.25, 0.3) is 0 Å². The Balaban J connectivity index is 1.84. The van der Waals surface area contributed by atoms with Crippen LogP contribution in [-0.2, 0) is 12.7 Å². The van der Waals surface area contributed by atoms with Crippen molar-refractivity contribution in [2.75, 3.05) is 0 Å². The van der Waals surface area contributed by atoms with Gasteiger partial charge >= 0.3 is 6.18 Å². The van der Waals surface area contributed by atoms with Crippen LogP contribution in [0.15, 0.2) is 36.8 Å². The van der Waals surface area contributed by atoms with Gasteiger partial charge in [-0.05, 0) is 19.9 Å². The monoisotopic (exact) mass is 353 g/mol. The lowest BCUT2D eigenvalue weighted by molar-refractivity contribution is -0.140. The Morgan fingerprint density at radius 3 is 2.56 bits per heavy atom. The van der Waals surface area contributed by atoms with Crippen LogP contribution >= 0.6 is 0 Å². The molecule has 2 heterocycles. The minimum Gasteiger partial charge on any atom is -0.270 e. The lowest BCUT2D eigenvalue weighted by atomic mass is 10.1. The van der Waals surface area contributed by atoms with Crippen LogP contribution in [0.25, 0.3) is 11.3 Å². The third-order valence-corrected chi connectivity index (χ3v) is 3.68. The molecule has 0 saturated heterocycles. The molecule has 3 rings (SSSR count). The van der Waals surface area contributed by atoms with Crippen molar-refractivity contribution in [1.29, 1.82) is 0 Å². The minimum absolute atomic E-state index is 0.107. The Bertz CT molecular complexity index is 879. The van der Waals surface area contributed by atoms with Crippen LogP contribution in [0.4, 0.5) is 17.6 Å². The van der Waals surface area contributed by atoms with Gasteiger partial charge in [0.1, 0.15) is 11.5 Å². The van der Waals surface area contributed by atoms with E-state index in [1.54, 1.807) is 23.3 Å². The number of benzene rings is 1. The van der Waals surface area contributed by atoms with Crippen molar-refractivity contribution in [2.24, 2.45) is 0 Å². The predicted molar refractivity (Wildman–Crippen MR) is 82.1 cm³/mol. The van der Waals surface area contributed by atoms with E-state index in [4.69, 9.17) is 0 Å². The fraction of sp³-hybridized carbons (Fsp3) is 0.312. The molecule has 0 fully saturated rings. The molecule has 0 bridgehead atoms. The largest absolute Gasteiger partial charge is 0.419 e. The van der Waals surface area contributed by atoms with Crippen LogP contribution in [0.5, 0.6) is 0 Å². The highest BCUT2D eigenvalue weighted by atomic mass is 19.4. The van der Waals surface area contributed by atoms with Gasteiger partial charge in [-0.2, -0.15) is 18.3 Å². The first-order valence-electron chi connectivity index (χ1n) is 7.55. The quantitative estimate of drug-likeness (QED) is 0.668. The summed E-state index contributed by atoms with van der Waals surface area (Å²) in [5, 5.41) is 12.0. The van der Waals surface area contributed by atoms with Crippen molar-refractivity contribution < 1.29 is 17.6 Å². The molecule has 0 N–H and O–H groups in total. The zero-order chi connectivity index (χ0) is 18.2. The van der Waals surface area contributed by atoms with E-state index in [0.717, 1.165) is 5.56 Å². The predicted octanol–water partition coefficient (Wildman–Crippen LogP) is 3.93. The number of rotatable bonds is 4. The van der Waals surface area contributed by atoms with Gasteiger partial charge in [-0.1, -0.05) is 17.3 Å². The first kappa shape index (κ1) is 17.1. The van der Waals surface area contributed by atoms with E-state index in [2.05, 4.69) is 15.4 Å². The third kappa shape index (κ3) is 3.54. The van der Waals surface area contributed by atoms with Crippen LogP contribution in [0, 0.1) is 5.82 Å². The molecule has 0 amide bonds. The van der Waals surface area contributed by atoms with Gasteiger partial charge in [-0.15, -0.1) is 5.10 Å². The van der Waals surface area contributed by atoms with Gasteiger partial charge in [0.05, 0.1) is 24.5 Å². The Morgan fingerprint density at radius 2 is 1.92 bits per heavy atom. The molecule has 25 heavy (non-hydrogen) atoms. The van der Waals surface area contributed by atoms with Gasteiger partial charge in [-0.25, -0.2) is 9.07 Å². The number of nitrogens with zero attached hydrogens (tertiary/aromatic N) is 5. The standard InChI is InChI=1S/C16H15F4N5/c1-10(2)25-8-12(6-21-25)14-9-24(23-22-14)7-11-4-3-5-13(15(11)17)16(18,19)20/h3-6,8-10H,7H2,1-2H3. The molecule has 0 spiro atoms. The van der Waals surface area contributed by atoms with E-state index in [-0.39, 0.29) is 18.2 Å². The summed E-state index contributed by atoms with van der Waals surface area (Å²) in [6.07, 6.45) is 0.226. The first-order valence-corrected chi connectivity index (χ1v) is 7.55. The molecule has 0 atom stereocenters. The number of alkyl halides is 3. The average Bonchev–Trinajstić information content (AvgIpc) is 3.17. The van der Waals surface area contributed by atoms with Gasteiger partial charge in [-0.3, -0.25) is 4.68 Å². The zero-order valence-electron chi connectivity index (χ0n) is 13.5. The van der Waals surface area contributed by atoms with E-state index in [1.807, 2.05) is 13.8 Å². The summed E-state index contributed by atoms with van der Waals surface area (Å²) < 4.78 is 55.5. The summed E-state index contributed by atoms with van der Waals surface area (Å²) in [7, 11) is 0. The van der Waals surface area contributed by atoms with Crippen molar-refractivity contribution in [3.63, 3.8) is 0 Å². The molecule has 2 aromatic heterocycles. The number of hydrogen-bond acceptors (Lipinski definition) is 3. The maximum absolute atomic E-state index is 14.1. The lowest BCUT2D eigenvalue weighted by Crippen LogP contribution is -2.11. The fourth-order valence-corrected chi connectivity index (χ4v) is 2.36.